The summed E-state index contributed by atoms with van der Waals surface area (Å²) >= 11 is 13.1. The van der Waals surface area contributed by atoms with E-state index in [2.05, 4.69) is 10.6 Å². The number of ether oxygens (including phenoxy) is 1. The van der Waals surface area contributed by atoms with Crippen molar-refractivity contribution in [1.82, 2.24) is 9.47 Å². The van der Waals surface area contributed by atoms with E-state index >= 15 is 0 Å². The number of aromatic nitrogens is 1. The number of hydrogen-bond acceptors (Lipinski definition) is 5. The van der Waals surface area contributed by atoms with E-state index in [4.69, 9.17) is 33.2 Å². The largest absolute Gasteiger partial charge is 0.457 e. The van der Waals surface area contributed by atoms with Gasteiger partial charge >= 0.3 is 0 Å². The Morgan fingerprint density at radius 1 is 0.949 bits per heavy atom. The summed E-state index contributed by atoms with van der Waals surface area (Å²) in [5.74, 6) is 0.954. The number of aryl methyl sites for hydroxylation is 1. The first kappa shape index (κ1) is 26.6. The van der Waals surface area contributed by atoms with Gasteiger partial charge in [0.05, 0.1) is 23.1 Å². The molecule has 2 heterocycles. The summed E-state index contributed by atoms with van der Waals surface area (Å²) in [6.07, 6.45) is 1.76. The highest BCUT2D eigenvalue weighted by atomic mass is 35.5. The molecule has 0 radical (unpaired) electrons. The van der Waals surface area contributed by atoms with Gasteiger partial charge in [-0.25, -0.2) is 0 Å². The van der Waals surface area contributed by atoms with Crippen LogP contribution in [-0.2, 0) is 11.3 Å². The summed E-state index contributed by atoms with van der Waals surface area (Å²) in [4.78, 5) is 27.3. The fraction of sp³-hybridized carbons (Fsp3) is 0.100. The molecule has 1 aliphatic heterocycles. The average molecular weight is 574 g/mol. The first-order valence-electron chi connectivity index (χ1n) is 11.9. The summed E-state index contributed by atoms with van der Waals surface area (Å²) < 4.78 is 7.97. The van der Waals surface area contributed by atoms with Crippen LogP contribution in [0.15, 0.2) is 77.7 Å². The number of amides is 2. The summed E-state index contributed by atoms with van der Waals surface area (Å²) in [5, 5.41) is 9.50. The lowest BCUT2D eigenvalue weighted by Crippen LogP contribution is -2.27. The van der Waals surface area contributed by atoms with E-state index < -0.39 is 0 Å². The minimum atomic E-state index is -0.356. The molecule has 1 saturated heterocycles. The molecule has 9 heteroatoms. The van der Waals surface area contributed by atoms with Crippen LogP contribution in [-0.4, -0.2) is 20.6 Å². The number of thioether (sulfide) groups is 1. The Balaban J connectivity index is 1.35. The van der Waals surface area contributed by atoms with Gasteiger partial charge in [-0.05, 0) is 110 Å². The van der Waals surface area contributed by atoms with Gasteiger partial charge in [0.25, 0.3) is 11.1 Å². The molecule has 0 bridgehead atoms. The average Bonchev–Trinajstić information content (AvgIpc) is 3.35. The van der Waals surface area contributed by atoms with Crippen molar-refractivity contribution >= 4 is 52.2 Å². The maximum Gasteiger partial charge on any atom is 0.293 e. The van der Waals surface area contributed by atoms with Gasteiger partial charge < -0.3 is 9.30 Å². The second-order valence-corrected chi connectivity index (χ2v) is 10.7. The molecule has 39 heavy (non-hydrogen) atoms. The smallest absolute Gasteiger partial charge is 0.293 e. The highest BCUT2D eigenvalue weighted by Gasteiger charge is 2.35. The minimum absolute atomic E-state index is 0.0773. The predicted octanol–water partition coefficient (Wildman–Crippen LogP) is 8.30. The summed E-state index contributed by atoms with van der Waals surface area (Å²) in [5.41, 5.74) is 4.91. The topological polar surface area (TPSA) is 75.3 Å². The fourth-order valence-electron chi connectivity index (χ4n) is 4.33. The number of nitrogens with zero attached hydrogens (tertiary/aromatic N) is 3. The van der Waals surface area contributed by atoms with E-state index in [1.165, 1.54) is 4.90 Å². The number of halogens is 2. The number of carbonyl (C=O) groups is 2. The Bertz CT molecular complexity index is 1670. The monoisotopic (exact) mass is 573 g/mol. The van der Waals surface area contributed by atoms with Crippen molar-refractivity contribution in [2.75, 3.05) is 0 Å². The van der Waals surface area contributed by atoms with E-state index in [1.54, 1.807) is 48.5 Å². The normalized spacial score (nSPS) is 14.2. The summed E-state index contributed by atoms with van der Waals surface area (Å²) in [6, 6.07) is 23.6. The molecule has 1 fully saturated rings. The van der Waals surface area contributed by atoms with Crippen LogP contribution >= 0.6 is 35.0 Å². The Kier molecular flexibility index (Phi) is 7.53. The van der Waals surface area contributed by atoms with Crippen LogP contribution in [0, 0.1) is 25.2 Å². The maximum atomic E-state index is 13.1. The molecule has 0 saturated carbocycles. The maximum absolute atomic E-state index is 13.1. The third-order valence-electron chi connectivity index (χ3n) is 6.29. The van der Waals surface area contributed by atoms with E-state index in [9.17, 15) is 9.59 Å². The predicted molar refractivity (Wildman–Crippen MR) is 154 cm³/mol. The van der Waals surface area contributed by atoms with Crippen molar-refractivity contribution < 1.29 is 14.3 Å². The van der Waals surface area contributed by atoms with E-state index in [0.717, 1.165) is 34.4 Å². The second-order valence-electron chi connectivity index (χ2n) is 8.90. The Hall–Kier alpha value is -3.96. The molecule has 0 N–H and O–H groups in total. The summed E-state index contributed by atoms with van der Waals surface area (Å²) in [6.45, 7) is 4.03. The Morgan fingerprint density at radius 3 is 2.26 bits per heavy atom. The highest BCUT2D eigenvalue weighted by molar-refractivity contribution is 8.18. The van der Waals surface area contributed by atoms with Gasteiger partial charge in [-0.15, -0.1) is 0 Å². The third-order valence-corrected chi connectivity index (χ3v) is 7.78. The van der Waals surface area contributed by atoms with Crippen LogP contribution in [0.5, 0.6) is 11.5 Å². The van der Waals surface area contributed by atoms with Gasteiger partial charge in [0.2, 0.25) is 0 Å². The number of rotatable bonds is 6. The Morgan fingerprint density at radius 2 is 1.62 bits per heavy atom. The van der Waals surface area contributed by atoms with Crippen molar-refractivity contribution in [3.05, 3.63) is 116 Å². The number of hydrogen-bond donors (Lipinski definition) is 0. The van der Waals surface area contributed by atoms with Crippen LogP contribution in [0.3, 0.4) is 0 Å². The number of nitriles is 1. The molecular weight excluding hydrogens is 553 g/mol. The lowest BCUT2D eigenvalue weighted by molar-refractivity contribution is -0.123. The lowest BCUT2D eigenvalue weighted by atomic mass is 10.2. The molecule has 3 aromatic carbocycles. The van der Waals surface area contributed by atoms with Gasteiger partial charge in [-0.2, -0.15) is 5.26 Å². The van der Waals surface area contributed by atoms with Gasteiger partial charge in [-0.3, -0.25) is 14.5 Å². The number of carbonyl (C=O) groups excluding carboxylic acids is 2. The van der Waals surface area contributed by atoms with Crippen LogP contribution < -0.4 is 4.74 Å². The molecule has 1 aromatic heterocycles. The number of imide groups is 1. The minimum Gasteiger partial charge on any atom is -0.457 e. The van der Waals surface area contributed by atoms with Crippen molar-refractivity contribution in [3.8, 4) is 23.3 Å². The van der Waals surface area contributed by atoms with E-state index in [-0.39, 0.29) is 17.7 Å². The molecule has 0 unspecified atom stereocenters. The standard InChI is InChI=1S/C30H21Cl2N3O3S/c1-18-13-22(14-28-29(36)34(30(37)39-28)17-21-5-6-23(31)15-27(21)32)19(2)35(18)24-7-11-26(12-8-24)38-25-9-3-20(16-33)4-10-25/h3-15H,17H2,1-2H3/b28-14-. The molecule has 1 aliphatic rings. The van der Waals surface area contributed by atoms with Gasteiger partial charge in [-0.1, -0.05) is 29.3 Å². The van der Waals surface area contributed by atoms with Gasteiger partial charge in [0, 0.05) is 27.1 Å². The van der Waals surface area contributed by atoms with Gasteiger partial charge in [0.15, 0.2) is 0 Å². The molecule has 0 aliphatic carbocycles. The van der Waals surface area contributed by atoms with Crippen molar-refractivity contribution in [3.63, 3.8) is 0 Å². The van der Waals surface area contributed by atoms with Crippen LogP contribution in [0.25, 0.3) is 11.8 Å². The SMILES string of the molecule is Cc1cc(/C=C2\SC(=O)N(Cc3ccc(Cl)cc3Cl)C2=O)c(C)n1-c1ccc(Oc2ccc(C#N)cc2)cc1. The highest BCUT2D eigenvalue weighted by Crippen LogP contribution is 2.36. The quantitative estimate of drug-likeness (QED) is 0.217. The fourth-order valence-corrected chi connectivity index (χ4v) is 5.62. The van der Waals surface area contributed by atoms with E-state index in [0.29, 0.717) is 37.6 Å². The Labute approximate surface area is 240 Å². The molecule has 194 valence electrons. The lowest BCUT2D eigenvalue weighted by Gasteiger charge is -2.13. The zero-order valence-corrected chi connectivity index (χ0v) is 23.3. The summed E-state index contributed by atoms with van der Waals surface area (Å²) in [7, 11) is 0. The van der Waals surface area contributed by atoms with Crippen LogP contribution in [0.2, 0.25) is 10.0 Å². The molecular formula is C30H21Cl2N3O3S. The molecule has 5 rings (SSSR count). The molecule has 4 aromatic rings. The molecule has 2 amide bonds. The third kappa shape index (κ3) is 5.59. The van der Waals surface area contributed by atoms with Crippen molar-refractivity contribution in [2.45, 2.75) is 20.4 Å². The van der Waals surface area contributed by atoms with Crippen molar-refractivity contribution in [1.29, 1.82) is 5.26 Å². The zero-order chi connectivity index (χ0) is 27.7. The number of benzene rings is 3. The van der Waals surface area contributed by atoms with Crippen molar-refractivity contribution in [2.24, 2.45) is 0 Å². The molecule has 0 atom stereocenters. The van der Waals surface area contributed by atoms with Crippen LogP contribution in [0.1, 0.15) is 28.1 Å². The molecule has 6 nitrogen and oxygen atoms in total. The second kappa shape index (κ2) is 11.0. The zero-order valence-electron chi connectivity index (χ0n) is 20.9. The van der Waals surface area contributed by atoms with Gasteiger partial charge in [0.1, 0.15) is 11.5 Å². The molecule has 0 spiro atoms. The van der Waals surface area contributed by atoms with Crippen LogP contribution in [0.4, 0.5) is 4.79 Å². The first-order chi connectivity index (χ1) is 18.7. The van der Waals surface area contributed by atoms with E-state index in [1.807, 2.05) is 44.2 Å². The first-order valence-corrected chi connectivity index (χ1v) is 13.5.